The summed E-state index contributed by atoms with van der Waals surface area (Å²) >= 11 is 1.71. The molecule has 0 aromatic carbocycles. The lowest BCUT2D eigenvalue weighted by Crippen LogP contribution is -2.42. The third-order valence-corrected chi connectivity index (χ3v) is 6.87. The number of carbonyl (C=O) groups is 2. The van der Waals surface area contributed by atoms with Crippen molar-refractivity contribution in [3.8, 4) is 0 Å². The summed E-state index contributed by atoms with van der Waals surface area (Å²) in [5, 5.41) is 6.21. The molecule has 6 heteroatoms. The zero-order chi connectivity index (χ0) is 19.2. The molecule has 2 fully saturated rings. The zero-order valence-electron chi connectivity index (χ0n) is 16.7. The number of hydrogen-bond acceptors (Lipinski definition) is 4. The first-order chi connectivity index (χ1) is 13.0. The molecule has 1 aliphatic carbocycles. The van der Waals surface area contributed by atoms with Crippen molar-refractivity contribution in [2.24, 2.45) is 11.8 Å². The van der Waals surface area contributed by atoms with Crippen LogP contribution in [0.4, 0.5) is 0 Å². The highest BCUT2D eigenvalue weighted by atomic mass is 32.1. The van der Waals surface area contributed by atoms with E-state index < -0.39 is 0 Å². The third kappa shape index (κ3) is 5.53. The van der Waals surface area contributed by atoms with Gasteiger partial charge in [-0.15, -0.1) is 11.3 Å². The molecule has 27 heavy (non-hydrogen) atoms. The minimum atomic E-state index is 0.0194. The number of carbonyl (C=O) groups excluding carboxylic acids is 2. The van der Waals surface area contributed by atoms with Gasteiger partial charge in [0.15, 0.2) is 0 Å². The SMILES string of the molecule is CC(C)C(=O)NCCc1csc(C2CCCN(C(=O)C3CCCCC3)C2)n1. The maximum absolute atomic E-state index is 12.9. The number of rotatable bonds is 6. The lowest BCUT2D eigenvalue weighted by atomic mass is 9.87. The van der Waals surface area contributed by atoms with Gasteiger partial charge in [0.2, 0.25) is 11.8 Å². The maximum atomic E-state index is 12.9. The van der Waals surface area contributed by atoms with E-state index in [0.717, 1.165) is 55.9 Å². The van der Waals surface area contributed by atoms with Crippen LogP contribution in [0, 0.1) is 11.8 Å². The number of thiazole rings is 1. The minimum absolute atomic E-state index is 0.0194. The Morgan fingerprint density at radius 1 is 1.22 bits per heavy atom. The van der Waals surface area contributed by atoms with Crippen LogP contribution in [0.5, 0.6) is 0 Å². The molecule has 1 aromatic heterocycles. The number of amides is 2. The Labute approximate surface area is 166 Å². The normalized spacial score (nSPS) is 21.4. The largest absolute Gasteiger partial charge is 0.355 e. The summed E-state index contributed by atoms with van der Waals surface area (Å²) in [5.41, 5.74) is 1.05. The Kier molecular flexibility index (Phi) is 7.27. The first-order valence-electron chi connectivity index (χ1n) is 10.6. The molecule has 0 spiro atoms. The number of hydrogen-bond donors (Lipinski definition) is 1. The van der Waals surface area contributed by atoms with Crippen LogP contribution in [-0.4, -0.2) is 41.3 Å². The summed E-state index contributed by atoms with van der Waals surface area (Å²) in [6.45, 7) is 6.17. The van der Waals surface area contributed by atoms with E-state index in [1.807, 2.05) is 13.8 Å². The number of nitrogens with zero attached hydrogens (tertiary/aromatic N) is 2. The van der Waals surface area contributed by atoms with Gasteiger partial charge in [-0.05, 0) is 25.7 Å². The van der Waals surface area contributed by atoms with Gasteiger partial charge >= 0.3 is 0 Å². The molecular formula is C21H33N3O2S. The van der Waals surface area contributed by atoms with Gasteiger partial charge in [-0.2, -0.15) is 0 Å². The van der Waals surface area contributed by atoms with Crippen LogP contribution in [0.25, 0.3) is 0 Å². The fourth-order valence-corrected chi connectivity index (χ4v) is 5.11. The molecule has 1 aliphatic heterocycles. The van der Waals surface area contributed by atoms with Crippen LogP contribution < -0.4 is 5.32 Å². The average Bonchev–Trinajstić information content (AvgIpc) is 3.17. The first kappa shape index (κ1) is 20.3. The molecule has 1 saturated heterocycles. The Morgan fingerprint density at radius 3 is 2.74 bits per heavy atom. The summed E-state index contributed by atoms with van der Waals surface area (Å²) in [4.78, 5) is 31.4. The van der Waals surface area contributed by atoms with Gasteiger partial charge in [0, 0.05) is 49.2 Å². The standard InChI is InChI=1S/C21H33N3O2S/c1-15(2)19(25)22-11-10-18-14-27-20(23-18)17-9-6-12-24(13-17)21(26)16-7-4-3-5-8-16/h14-17H,3-13H2,1-2H3,(H,22,25). The maximum Gasteiger partial charge on any atom is 0.225 e. The van der Waals surface area contributed by atoms with Crippen LogP contribution in [0.3, 0.4) is 0 Å². The number of aromatic nitrogens is 1. The molecule has 1 atom stereocenters. The second-order valence-corrected chi connectivity index (χ2v) is 9.22. The van der Waals surface area contributed by atoms with Crippen LogP contribution >= 0.6 is 11.3 Å². The summed E-state index contributed by atoms with van der Waals surface area (Å²) < 4.78 is 0. The van der Waals surface area contributed by atoms with Gasteiger partial charge in [-0.1, -0.05) is 33.1 Å². The van der Waals surface area contributed by atoms with Gasteiger partial charge in [0.05, 0.1) is 10.7 Å². The molecular weight excluding hydrogens is 358 g/mol. The number of nitrogens with one attached hydrogen (secondary N) is 1. The minimum Gasteiger partial charge on any atom is -0.355 e. The van der Waals surface area contributed by atoms with Gasteiger partial charge in [-0.25, -0.2) is 4.98 Å². The predicted molar refractivity (Wildman–Crippen MR) is 109 cm³/mol. The highest BCUT2D eigenvalue weighted by Gasteiger charge is 2.31. The molecule has 2 amide bonds. The first-order valence-corrected chi connectivity index (χ1v) is 11.4. The summed E-state index contributed by atoms with van der Waals surface area (Å²) in [6, 6.07) is 0. The smallest absolute Gasteiger partial charge is 0.225 e. The fraction of sp³-hybridized carbons (Fsp3) is 0.762. The number of likely N-dealkylation sites (tertiary alicyclic amines) is 1. The second kappa shape index (κ2) is 9.67. The number of piperidine rings is 1. The van der Waals surface area contributed by atoms with Gasteiger partial charge in [0.1, 0.15) is 0 Å². The quantitative estimate of drug-likeness (QED) is 0.803. The molecule has 0 bridgehead atoms. The molecule has 0 radical (unpaired) electrons. The van der Waals surface area contributed by atoms with Crippen molar-refractivity contribution in [3.05, 3.63) is 16.1 Å². The highest BCUT2D eigenvalue weighted by Crippen LogP contribution is 2.32. The molecule has 3 rings (SSSR count). The van der Waals surface area contributed by atoms with Crippen molar-refractivity contribution in [3.63, 3.8) is 0 Å². The monoisotopic (exact) mass is 391 g/mol. The fourth-order valence-electron chi connectivity index (χ4n) is 4.13. The molecule has 2 heterocycles. The van der Waals surface area contributed by atoms with Crippen LogP contribution in [0.2, 0.25) is 0 Å². The molecule has 2 aliphatic rings. The predicted octanol–water partition coefficient (Wildman–Crippen LogP) is 3.74. The lowest BCUT2D eigenvalue weighted by molar-refractivity contribution is -0.137. The van der Waals surface area contributed by atoms with E-state index in [1.165, 1.54) is 19.3 Å². The van der Waals surface area contributed by atoms with E-state index in [2.05, 4.69) is 15.6 Å². The van der Waals surface area contributed by atoms with E-state index in [1.54, 1.807) is 11.3 Å². The lowest BCUT2D eigenvalue weighted by Gasteiger charge is -2.35. The van der Waals surface area contributed by atoms with Crippen molar-refractivity contribution in [1.29, 1.82) is 0 Å². The van der Waals surface area contributed by atoms with Crippen molar-refractivity contribution in [2.45, 2.75) is 71.1 Å². The van der Waals surface area contributed by atoms with E-state index in [-0.39, 0.29) is 17.7 Å². The molecule has 1 unspecified atom stereocenters. The Hall–Kier alpha value is -1.43. The van der Waals surface area contributed by atoms with E-state index in [9.17, 15) is 9.59 Å². The van der Waals surface area contributed by atoms with E-state index in [4.69, 9.17) is 4.98 Å². The van der Waals surface area contributed by atoms with Crippen LogP contribution in [0.15, 0.2) is 5.38 Å². The summed E-state index contributed by atoms with van der Waals surface area (Å²) in [6.07, 6.45) is 8.80. The second-order valence-electron chi connectivity index (χ2n) is 8.33. The van der Waals surface area contributed by atoms with Gasteiger partial charge < -0.3 is 10.2 Å². The van der Waals surface area contributed by atoms with Crippen LogP contribution in [0.1, 0.15) is 75.4 Å². The molecule has 1 N–H and O–H groups in total. The molecule has 1 aromatic rings. The van der Waals surface area contributed by atoms with Crippen molar-refractivity contribution in [2.75, 3.05) is 19.6 Å². The van der Waals surface area contributed by atoms with Crippen molar-refractivity contribution >= 4 is 23.2 Å². The van der Waals surface area contributed by atoms with E-state index in [0.29, 0.717) is 18.4 Å². The van der Waals surface area contributed by atoms with Crippen molar-refractivity contribution in [1.82, 2.24) is 15.2 Å². The summed E-state index contributed by atoms with van der Waals surface area (Å²) in [7, 11) is 0. The topological polar surface area (TPSA) is 62.3 Å². The third-order valence-electron chi connectivity index (χ3n) is 5.81. The Bertz CT molecular complexity index is 637. The van der Waals surface area contributed by atoms with Crippen LogP contribution in [-0.2, 0) is 16.0 Å². The molecule has 1 saturated carbocycles. The Morgan fingerprint density at radius 2 is 2.00 bits per heavy atom. The summed E-state index contributed by atoms with van der Waals surface area (Å²) in [5.74, 6) is 1.12. The molecule has 150 valence electrons. The molecule has 5 nitrogen and oxygen atoms in total. The van der Waals surface area contributed by atoms with Crippen molar-refractivity contribution < 1.29 is 9.59 Å². The zero-order valence-corrected chi connectivity index (χ0v) is 17.5. The average molecular weight is 392 g/mol. The Balaban J connectivity index is 1.51. The van der Waals surface area contributed by atoms with Gasteiger partial charge in [-0.3, -0.25) is 9.59 Å². The highest BCUT2D eigenvalue weighted by molar-refractivity contribution is 7.09. The van der Waals surface area contributed by atoms with Gasteiger partial charge in [0.25, 0.3) is 0 Å². The van der Waals surface area contributed by atoms with E-state index >= 15 is 0 Å².